The molecule has 0 aliphatic carbocycles. The fraction of sp³-hybridized carbons (Fsp3) is 0.182. The Hall–Kier alpha value is -2.24. The number of carboxylic acid groups (broad SMARTS) is 1. The number of nitrogens with zero attached hydrogens (tertiary/aromatic N) is 2. The first-order chi connectivity index (χ1) is 8.90. The summed E-state index contributed by atoms with van der Waals surface area (Å²) in [6, 6.07) is 2.87. The highest BCUT2D eigenvalue weighted by Gasteiger charge is 2.24. The van der Waals surface area contributed by atoms with E-state index < -0.39 is 22.0 Å². The van der Waals surface area contributed by atoms with Crippen molar-refractivity contribution in [2.75, 3.05) is 0 Å². The molecule has 0 radical (unpaired) electrons. The van der Waals surface area contributed by atoms with E-state index in [0.29, 0.717) is 0 Å². The van der Waals surface area contributed by atoms with Crippen molar-refractivity contribution in [2.24, 2.45) is 0 Å². The number of carboxylic acids is 1. The first-order valence-corrected chi connectivity index (χ1v) is 6.61. The third kappa shape index (κ3) is 3.87. The largest absolute Gasteiger partial charge is 0.480 e. The number of aromatic nitrogens is 1. The lowest BCUT2D eigenvalue weighted by molar-refractivity contribution is -0.138. The standard InChI is InChI=1S/C11H11N3O4S/c1-2-3-10(11(15)16)14-19(17,18)9-5-4-8(6-12)13-7-9/h2,4-5,7,10,14H,1,3H2,(H,15,16). The van der Waals surface area contributed by atoms with Gasteiger partial charge in [0, 0.05) is 6.20 Å². The van der Waals surface area contributed by atoms with Gasteiger partial charge in [-0.1, -0.05) is 6.08 Å². The van der Waals surface area contributed by atoms with Gasteiger partial charge in [-0.25, -0.2) is 13.4 Å². The molecule has 0 aliphatic heterocycles. The predicted molar refractivity (Wildman–Crippen MR) is 65.5 cm³/mol. The number of sulfonamides is 1. The van der Waals surface area contributed by atoms with Gasteiger partial charge in [0.1, 0.15) is 22.7 Å². The van der Waals surface area contributed by atoms with Crippen LogP contribution in [0.15, 0.2) is 35.9 Å². The maximum absolute atomic E-state index is 11.9. The molecule has 0 aliphatic rings. The molecular weight excluding hydrogens is 270 g/mol. The average molecular weight is 281 g/mol. The second-order valence-electron chi connectivity index (χ2n) is 3.53. The van der Waals surface area contributed by atoms with Crippen LogP contribution in [0.5, 0.6) is 0 Å². The van der Waals surface area contributed by atoms with Gasteiger partial charge < -0.3 is 5.11 Å². The highest BCUT2D eigenvalue weighted by Crippen LogP contribution is 2.09. The van der Waals surface area contributed by atoms with Gasteiger partial charge >= 0.3 is 5.97 Å². The van der Waals surface area contributed by atoms with Crippen LogP contribution < -0.4 is 4.72 Å². The summed E-state index contributed by atoms with van der Waals surface area (Å²) in [7, 11) is -4.00. The van der Waals surface area contributed by atoms with E-state index in [-0.39, 0.29) is 17.0 Å². The predicted octanol–water partition coefficient (Wildman–Crippen LogP) is 0.261. The molecular formula is C11H11N3O4S. The summed E-state index contributed by atoms with van der Waals surface area (Å²) in [5, 5.41) is 17.4. The highest BCUT2D eigenvalue weighted by molar-refractivity contribution is 7.89. The van der Waals surface area contributed by atoms with Crippen LogP contribution in [0.25, 0.3) is 0 Å². The van der Waals surface area contributed by atoms with Crippen LogP contribution in [0.2, 0.25) is 0 Å². The molecule has 1 aromatic heterocycles. The van der Waals surface area contributed by atoms with Crippen molar-refractivity contribution in [1.82, 2.24) is 9.71 Å². The molecule has 19 heavy (non-hydrogen) atoms. The van der Waals surface area contributed by atoms with Crippen LogP contribution in [-0.2, 0) is 14.8 Å². The number of aliphatic carboxylic acids is 1. The molecule has 0 amide bonds. The van der Waals surface area contributed by atoms with E-state index in [9.17, 15) is 13.2 Å². The lowest BCUT2D eigenvalue weighted by Crippen LogP contribution is -2.40. The van der Waals surface area contributed by atoms with Gasteiger partial charge in [-0.15, -0.1) is 6.58 Å². The Morgan fingerprint density at radius 3 is 2.74 bits per heavy atom. The van der Waals surface area contributed by atoms with Crippen molar-refractivity contribution in [1.29, 1.82) is 5.26 Å². The molecule has 0 fully saturated rings. The molecule has 1 atom stereocenters. The van der Waals surface area contributed by atoms with Gasteiger partial charge in [0.15, 0.2) is 0 Å². The summed E-state index contributed by atoms with van der Waals surface area (Å²) in [4.78, 5) is 14.3. The molecule has 1 heterocycles. The topological polar surface area (TPSA) is 120 Å². The minimum Gasteiger partial charge on any atom is -0.480 e. The van der Waals surface area contributed by atoms with E-state index in [0.717, 1.165) is 6.20 Å². The third-order valence-corrected chi connectivity index (χ3v) is 3.62. The second-order valence-corrected chi connectivity index (χ2v) is 5.24. The van der Waals surface area contributed by atoms with Gasteiger partial charge in [0.25, 0.3) is 0 Å². The van der Waals surface area contributed by atoms with Crippen LogP contribution in [0.3, 0.4) is 0 Å². The van der Waals surface area contributed by atoms with E-state index in [2.05, 4.69) is 11.6 Å². The maximum atomic E-state index is 11.9. The van der Waals surface area contributed by atoms with Crippen molar-refractivity contribution >= 4 is 16.0 Å². The van der Waals surface area contributed by atoms with Gasteiger partial charge in [0.05, 0.1) is 0 Å². The highest BCUT2D eigenvalue weighted by atomic mass is 32.2. The molecule has 7 nitrogen and oxygen atoms in total. The van der Waals surface area contributed by atoms with E-state index in [1.54, 1.807) is 6.07 Å². The zero-order chi connectivity index (χ0) is 14.5. The molecule has 100 valence electrons. The fourth-order valence-corrected chi connectivity index (χ4v) is 2.37. The Morgan fingerprint density at radius 1 is 1.63 bits per heavy atom. The first kappa shape index (κ1) is 14.8. The SMILES string of the molecule is C=CCC(NS(=O)(=O)c1ccc(C#N)nc1)C(=O)O. The normalized spacial score (nSPS) is 12.4. The Kier molecular flexibility index (Phi) is 4.74. The van der Waals surface area contributed by atoms with Crippen LogP contribution in [0.1, 0.15) is 12.1 Å². The van der Waals surface area contributed by atoms with E-state index in [1.165, 1.54) is 18.2 Å². The number of hydrogen-bond donors (Lipinski definition) is 2. The number of carbonyl (C=O) groups is 1. The molecule has 0 bridgehead atoms. The van der Waals surface area contributed by atoms with Gasteiger partial charge in [-0.3, -0.25) is 4.79 Å². The number of rotatable bonds is 6. The van der Waals surface area contributed by atoms with Crippen molar-refractivity contribution in [2.45, 2.75) is 17.4 Å². The van der Waals surface area contributed by atoms with E-state index >= 15 is 0 Å². The Morgan fingerprint density at radius 2 is 2.32 bits per heavy atom. The molecule has 1 aromatic rings. The Bertz CT molecular complexity index is 616. The second kappa shape index (κ2) is 6.08. The van der Waals surface area contributed by atoms with Crippen molar-refractivity contribution in [3.8, 4) is 6.07 Å². The van der Waals surface area contributed by atoms with Crippen molar-refractivity contribution < 1.29 is 18.3 Å². The molecule has 0 spiro atoms. The van der Waals surface area contributed by atoms with Gasteiger partial charge in [-0.2, -0.15) is 9.98 Å². The third-order valence-electron chi connectivity index (χ3n) is 2.16. The summed E-state index contributed by atoms with van der Waals surface area (Å²) >= 11 is 0. The fourth-order valence-electron chi connectivity index (χ4n) is 1.23. The molecule has 0 saturated heterocycles. The molecule has 0 saturated carbocycles. The Balaban J connectivity index is 2.99. The van der Waals surface area contributed by atoms with Crippen molar-refractivity contribution in [3.63, 3.8) is 0 Å². The number of hydrogen-bond acceptors (Lipinski definition) is 5. The average Bonchev–Trinajstić information content (AvgIpc) is 2.38. The summed E-state index contributed by atoms with van der Waals surface area (Å²) in [6.07, 6.45) is 2.25. The number of nitriles is 1. The van der Waals surface area contributed by atoms with Gasteiger partial charge in [-0.05, 0) is 18.6 Å². The summed E-state index contributed by atoms with van der Waals surface area (Å²) in [5.41, 5.74) is 0.0693. The molecule has 1 unspecified atom stereocenters. The van der Waals surface area contributed by atoms with Gasteiger partial charge in [0.2, 0.25) is 10.0 Å². The lowest BCUT2D eigenvalue weighted by Gasteiger charge is -2.12. The Labute approximate surface area is 110 Å². The maximum Gasteiger partial charge on any atom is 0.322 e. The first-order valence-electron chi connectivity index (χ1n) is 5.13. The summed E-state index contributed by atoms with van der Waals surface area (Å²) < 4.78 is 25.8. The zero-order valence-electron chi connectivity index (χ0n) is 9.78. The molecule has 2 N–H and O–H groups in total. The minimum absolute atomic E-state index is 0.0434. The zero-order valence-corrected chi connectivity index (χ0v) is 10.6. The van der Waals surface area contributed by atoms with Crippen molar-refractivity contribution in [3.05, 3.63) is 36.7 Å². The lowest BCUT2D eigenvalue weighted by atomic mass is 10.2. The quantitative estimate of drug-likeness (QED) is 0.722. The van der Waals surface area contributed by atoms with Crippen LogP contribution >= 0.6 is 0 Å². The summed E-state index contributed by atoms with van der Waals surface area (Å²) in [5.74, 6) is -1.30. The van der Waals surface area contributed by atoms with Crippen LogP contribution in [0, 0.1) is 11.3 Å². The van der Waals surface area contributed by atoms with Crippen LogP contribution in [0.4, 0.5) is 0 Å². The monoisotopic (exact) mass is 281 g/mol. The minimum atomic E-state index is -4.00. The summed E-state index contributed by atoms with van der Waals surface area (Å²) in [6.45, 7) is 3.36. The number of nitrogens with one attached hydrogen (secondary N) is 1. The molecule has 0 aromatic carbocycles. The smallest absolute Gasteiger partial charge is 0.322 e. The molecule has 1 rings (SSSR count). The van der Waals surface area contributed by atoms with E-state index in [4.69, 9.17) is 10.4 Å². The number of pyridine rings is 1. The molecule has 8 heteroatoms. The van der Waals surface area contributed by atoms with Crippen LogP contribution in [-0.4, -0.2) is 30.5 Å². The van der Waals surface area contributed by atoms with E-state index in [1.807, 2.05) is 4.72 Å².